The van der Waals surface area contributed by atoms with Gasteiger partial charge in [-0.25, -0.2) is 4.98 Å². The van der Waals surface area contributed by atoms with Crippen LogP contribution in [0.2, 0.25) is 0 Å². The van der Waals surface area contributed by atoms with Gasteiger partial charge in [-0.1, -0.05) is 0 Å². The van der Waals surface area contributed by atoms with Crippen molar-refractivity contribution in [3.05, 3.63) is 18.2 Å². The van der Waals surface area contributed by atoms with Crippen LogP contribution in [0.15, 0.2) is 12.5 Å². The van der Waals surface area contributed by atoms with Gasteiger partial charge in [0.2, 0.25) is 0 Å². The first kappa shape index (κ1) is 6.85. The molecule has 1 atom stereocenters. The SMILES string of the molecule is c1ncc(CC2CCCO2)[nH]1. The molecule has 0 radical (unpaired) electrons. The molecule has 2 rings (SSSR count). The van der Waals surface area contributed by atoms with Gasteiger partial charge >= 0.3 is 0 Å². The Morgan fingerprint density at radius 3 is 3.36 bits per heavy atom. The standard InChI is InChI=1S/C8H12N2O/c1-2-8(11-3-1)4-7-5-9-6-10-7/h5-6,8H,1-4H2,(H,9,10). The Hall–Kier alpha value is -0.830. The van der Waals surface area contributed by atoms with Gasteiger partial charge in [0.1, 0.15) is 0 Å². The molecule has 1 aromatic heterocycles. The fraction of sp³-hybridized carbons (Fsp3) is 0.625. The van der Waals surface area contributed by atoms with E-state index in [9.17, 15) is 0 Å². The molecule has 3 heteroatoms. The van der Waals surface area contributed by atoms with E-state index in [0.29, 0.717) is 6.10 Å². The van der Waals surface area contributed by atoms with Crippen LogP contribution in [0.5, 0.6) is 0 Å². The van der Waals surface area contributed by atoms with Crippen LogP contribution in [0.3, 0.4) is 0 Å². The van der Waals surface area contributed by atoms with Crippen LogP contribution >= 0.6 is 0 Å². The average molecular weight is 152 g/mol. The number of hydrogen-bond acceptors (Lipinski definition) is 2. The number of H-pyrrole nitrogens is 1. The molecule has 2 heterocycles. The van der Waals surface area contributed by atoms with Gasteiger partial charge in [-0.05, 0) is 12.8 Å². The van der Waals surface area contributed by atoms with Crippen molar-refractivity contribution < 1.29 is 4.74 Å². The molecule has 0 bridgehead atoms. The van der Waals surface area contributed by atoms with Crippen molar-refractivity contribution in [1.29, 1.82) is 0 Å². The molecular weight excluding hydrogens is 140 g/mol. The van der Waals surface area contributed by atoms with Crippen molar-refractivity contribution in [2.24, 2.45) is 0 Å². The Morgan fingerprint density at radius 2 is 2.73 bits per heavy atom. The highest BCUT2D eigenvalue weighted by atomic mass is 16.5. The van der Waals surface area contributed by atoms with Gasteiger partial charge in [0, 0.05) is 24.9 Å². The summed E-state index contributed by atoms with van der Waals surface area (Å²) >= 11 is 0. The van der Waals surface area contributed by atoms with Crippen LogP contribution in [0.4, 0.5) is 0 Å². The van der Waals surface area contributed by atoms with E-state index < -0.39 is 0 Å². The van der Waals surface area contributed by atoms with Gasteiger partial charge in [0.05, 0.1) is 12.4 Å². The lowest BCUT2D eigenvalue weighted by molar-refractivity contribution is 0.111. The number of nitrogens with zero attached hydrogens (tertiary/aromatic N) is 1. The predicted molar refractivity (Wildman–Crippen MR) is 41.3 cm³/mol. The lowest BCUT2D eigenvalue weighted by Crippen LogP contribution is -2.08. The molecule has 0 amide bonds. The first-order chi connectivity index (χ1) is 5.45. The summed E-state index contributed by atoms with van der Waals surface area (Å²) in [5.41, 5.74) is 1.18. The number of imidazole rings is 1. The van der Waals surface area contributed by atoms with Crippen molar-refractivity contribution in [2.45, 2.75) is 25.4 Å². The lowest BCUT2D eigenvalue weighted by atomic mass is 10.1. The fourth-order valence-corrected chi connectivity index (χ4v) is 1.45. The number of hydrogen-bond donors (Lipinski definition) is 1. The second kappa shape index (κ2) is 3.05. The van der Waals surface area contributed by atoms with Crippen LogP contribution in [-0.4, -0.2) is 22.7 Å². The third-order valence-electron chi connectivity index (χ3n) is 2.03. The first-order valence-corrected chi connectivity index (χ1v) is 4.04. The van der Waals surface area contributed by atoms with E-state index in [1.54, 1.807) is 6.33 Å². The summed E-state index contributed by atoms with van der Waals surface area (Å²) in [5, 5.41) is 0. The molecule has 0 spiro atoms. The fourth-order valence-electron chi connectivity index (χ4n) is 1.45. The molecule has 1 unspecified atom stereocenters. The van der Waals surface area contributed by atoms with Gasteiger partial charge in [-0.2, -0.15) is 0 Å². The number of nitrogens with one attached hydrogen (secondary N) is 1. The molecule has 0 saturated carbocycles. The maximum absolute atomic E-state index is 5.48. The smallest absolute Gasteiger partial charge is 0.0921 e. The minimum absolute atomic E-state index is 0.426. The zero-order chi connectivity index (χ0) is 7.52. The summed E-state index contributed by atoms with van der Waals surface area (Å²) in [6.07, 6.45) is 7.39. The summed E-state index contributed by atoms with van der Waals surface area (Å²) in [7, 11) is 0. The van der Waals surface area contributed by atoms with Gasteiger partial charge in [0.15, 0.2) is 0 Å². The molecule has 1 fully saturated rings. The quantitative estimate of drug-likeness (QED) is 0.689. The third-order valence-corrected chi connectivity index (χ3v) is 2.03. The monoisotopic (exact) mass is 152 g/mol. The summed E-state index contributed by atoms with van der Waals surface area (Å²) in [6, 6.07) is 0. The third kappa shape index (κ3) is 1.60. The second-order valence-corrected chi connectivity index (χ2v) is 2.92. The molecule has 1 saturated heterocycles. The summed E-state index contributed by atoms with van der Waals surface area (Å²) in [6.45, 7) is 0.929. The maximum atomic E-state index is 5.48. The highest BCUT2D eigenvalue weighted by Crippen LogP contribution is 2.15. The van der Waals surface area contributed by atoms with Crippen LogP contribution in [-0.2, 0) is 11.2 Å². The Bertz CT molecular complexity index is 202. The topological polar surface area (TPSA) is 37.9 Å². The number of aromatic nitrogens is 2. The van der Waals surface area contributed by atoms with Crippen molar-refractivity contribution >= 4 is 0 Å². The van der Waals surface area contributed by atoms with E-state index in [2.05, 4.69) is 9.97 Å². The Morgan fingerprint density at radius 1 is 1.73 bits per heavy atom. The molecule has 0 aliphatic carbocycles. The van der Waals surface area contributed by atoms with Crippen LogP contribution in [0.1, 0.15) is 18.5 Å². The minimum Gasteiger partial charge on any atom is -0.378 e. The number of aromatic amines is 1. The number of ether oxygens (including phenoxy) is 1. The molecule has 1 N–H and O–H groups in total. The molecule has 3 nitrogen and oxygen atoms in total. The molecular formula is C8H12N2O. The van der Waals surface area contributed by atoms with Crippen LogP contribution < -0.4 is 0 Å². The minimum atomic E-state index is 0.426. The van der Waals surface area contributed by atoms with Gasteiger partial charge < -0.3 is 9.72 Å². The zero-order valence-corrected chi connectivity index (χ0v) is 6.42. The van der Waals surface area contributed by atoms with E-state index in [1.165, 1.54) is 18.5 Å². The van der Waals surface area contributed by atoms with E-state index in [-0.39, 0.29) is 0 Å². The van der Waals surface area contributed by atoms with Gasteiger partial charge in [-0.3, -0.25) is 0 Å². The predicted octanol–water partition coefficient (Wildman–Crippen LogP) is 1.13. The van der Waals surface area contributed by atoms with Crippen LogP contribution in [0, 0.1) is 0 Å². The summed E-state index contributed by atoms with van der Waals surface area (Å²) in [4.78, 5) is 7.03. The highest BCUT2D eigenvalue weighted by molar-refractivity contribution is 4.96. The molecule has 11 heavy (non-hydrogen) atoms. The molecule has 60 valence electrons. The first-order valence-electron chi connectivity index (χ1n) is 4.04. The molecule has 0 aromatic carbocycles. The molecule has 1 aliphatic rings. The zero-order valence-electron chi connectivity index (χ0n) is 6.42. The van der Waals surface area contributed by atoms with E-state index in [4.69, 9.17) is 4.74 Å². The largest absolute Gasteiger partial charge is 0.378 e. The van der Waals surface area contributed by atoms with Crippen molar-refractivity contribution in [1.82, 2.24) is 9.97 Å². The Kier molecular flexibility index (Phi) is 1.90. The van der Waals surface area contributed by atoms with Crippen molar-refractivity contribution in [2.75, 3.05) is 6.61 Å². The van der Waals surface area contributed by atoms with Crippen molar-refractivity contribution in [3.8, 4) is 0 Å². The maximum Gasteiger partial charge on any atom is 0.0921 e. The average Bonchev–Trinajstić information content (AvgIpc) is 2.60. The van der Waals surface area contributed by atoms with Gasteiger partial charge in [0.25, 0.3) is 0 Å². The number of rotatable bonds is 2. The summed E-state index contributed by atoms with van der Waals surface area (Å²) in [5.74, 6) is 0. The molecule has 1 aromatic rings. The summed E-state index contributed by atoms with van der Waals surface area (Å²) < 4.78 is 5.48. The van der Waals surface area contributed by atoms with Gasteiger partial charge in [-0.15, -0.1) is 0 Å². The normalized spacial score (nSPS) is 24.2. The highest BCUT2D eigenvalue weighted by Gasteiger charge is 2.15. The Balaban J connectivity index is 1.90. The van der Waals surface area contributed by atoms with E-state index >= 15 is 0 Å². The van der Waals surface area contributed by atoms with E-state index in [1.807, 2.05) is 6.20 Å². The van der Waals surface area contributed by atoms with E-state index in [0.717, 1.165) is 13.0 Å². The van der Waals surface area contributed by atoms with Crippen LogP contribution in [0.25, 0.3) is 0 Å². The van der Waals surface area contributed by atoms with Crippen molar-refractivity contribution in [3.63, 3.8) is 0 Å². The second-order valence-electron chi connectivity index (χ2n) is 2.92. The molecule has 1 aliphatic heterocycles. The Labute approximate surface area is 65.8 Å². The lowest BCUT2D eigenvalue weighted by Gasteiger charge is -2.05.